The molecule has 138 valence electrons. The highest BCUT2D eigenvalue weighted by molar-refractivity contribution is 6.06. The Morgan fingerprint density at radius 1 is 1.30 bits per heavy atom. The molecule has 3 aromatic rings. The van der Waals surface area contributed by atoms with Gasteiger partial charge in [0.1, 0.15) is 24.7 Å². The number of carbonyl (C=O) groups is 1. The molecule has 0 spiro atoms. The SMILES string of the molecule is NC(=O)[C@@H](Nc1cc2c3c(c(-c4cncnc4)[nH]c3c1)NCCO2)C1CC1. The summed E-state index contributed by atoms with van der Waals surface area (Å²) in [5.74, 6) is 0.768. The zero-order valence-electron chi connectivity index (χ0n) is 14.7. The average molecular weight is 364 g/mol. The van der Waals surface area contributed by atoms with Crippen LogP contribution in [0.2, 0.25) is 0 Å². The number of H-pyrrole nitrogens is 1. The van der Waals surface area contributed by atoms with Crippen LogP contribution in [0.3, 0.4) is 0 Å². The van der Waals surface area contributed by atoms with Crippen molar-refractivity contribution in [3.63, 3.8) is 0 Å². The fourth-order valence-electron chi connectivity index (χ4n) is 3.68. The molecule has 3 heterocycles. The lowest BCUT2D eigenvalue weighted by Crippen LogP contribution is -2.37. The summed E-state index contributed by atoms with van der Waals surface area (Å²) in [6, 6.07) is 3.58. The van der Waals surface area contributed by atoms with E-state index >= 15 is 0 Å². The first-order chi connectivity index (χ1) is 13.2. The molecule has 8 nitrogen and oxygen atoms in total. The molecule has 2 aliphatic rings. The smallest absolute Gasteiger partial charge is 0.240 e. The van der Waals surface area contributed by atoms with Gasteiger partial charge in [-0.05, 0) is 24.8 Å². The Balaban J connectivity index is 1.62. The summed E-state index contributed by atoms with van der Waals surface area (Å²) in [5.41, 5.74) is 10.1. The van der Waals surface area contributed by atoms with Crippen LogP contribution in [0.1, 0.15) is 12.8 Å². The normalized spacial score (nSPS) is 16.9. The van der Waals surface area contributed by atoms with Crippen LogP contribution < -0.4 is 21.1 Å². The standard InChI is InChI=1S/C19H20N6O2/c20-19(26)17(10-1-2-10)24-12-5-13-15-14(6-12)27-4-3-23-18(15)16(25-13)11-7-21-9-22-8-11/h5-10,17,23-25H,1-4H2,(H2,20,26)/t17-/m0/s1. The van der Waals surface area contributed by atoms with Gasteiger partial charge >= 0.3 is 0 Å². The molecule has 2 aromatic heterocycles. The number of hydrogen-bond acceptors (Lipinski definition) is 6. The maximum absolute atomic E-state index is 11.8. The maximum Gasteiger partial charge on any atom is 0.240 e. The maximum atomic E-state index is 11.8. The summed E-state index contributed by atoms with van der Waals surface area (Å²) < 4.78 is 5.96. The second-order valence-corrected chi connectivity index (χ2v) is 7.04. The molecule has 1 atom stereocenters. The summed E-state index contributed by atoms with van der Waals surface area (Å²) in [4.78, 5) is 23.5. The summed E-state index contributed by atoms with van der Waals surface area (Å²) in [7, 11) is 0. The number of rotatable bonds is 5. The van der Waals surface area contributed by atoms with Gasteiger partial charge in [0.05, 0.1) is 22.3 Å². The van der Waals surface area contributed by atoms with E-state index in [4.69, 9.17) is 10.5 Å². The van der Waals surface area contributed by atoms with Crippen molar-refractivity contribution >= 4 is 28.2 Å². The predicted octanol–water partition coefficient (Wildman–Crippen LogP) is 2.10. The Labute approximate surface area is 155 Å². The van der Waals surface area contributed by atoms with Crippen molar-refractivity contribution in [2.24, 2.45) is 11.7 Å². The number of aromatic amines is 1. The molecule has 27 heavy (non-hydrogen) atoms. The number of anilines is 2. The van der Waals surface area contributed by atoms with Crippen LogP contribution in [-0.4, -0.2) is 40.1 Å². The molecule has 1 amide bonds. The molecule has 5 N–H and O–H groups in total. The molecule has 0 unspecified atom stereocenters. The van der Waals surface area contributed by atoms with Gasteiger partial charge in [-0.2, -0.15) is 0 Å². The van der Waals surface area contributed by atoms with Crippen molar-refractivity contribution in [2.75, 3.05) is 23.8 Å². The van der Waals surface area contributed by atoms with E-state index in [1.807, 2.05) is 12.1 Å². The molecule has 5 rings (SSSR count). The van der Waals surface area contributed by atoms with E-state index in [0.717, 1.165) is 52.1 Å². The highest BCUT2D eigenvalue weighted by atomic mass is 16.5. The molecule has 1 aliphatic heterocycles. The van der Waals surface area contributed by atoms with Crippen molar-refractivity contribution < 1.29 is 9.53 Å². The van der Waals surface area contributed by atoms with Gasteiger partial charge in [-0.1, -0.05) is 0 Å². The number of hydrogen-bond donors (Lipinski definition) is 4. The molecular formula is C19H20N6O2. The topological polar surface area (TPSA) is 118 Å². The van der Waals surface area contributed by atoms with Gasteiger partial charge in [-0.3, -0.25) is 4.79 Å². The predicted molar refractivity (Wildman–Crippen MR) is 103 cm³/mol. The number of aromatic nitrogens is 3. The third-order valence-electron chi connectivity index (χ3n) is 5.09. The molecule has 1 saturated carbocycles. The molecule has 0 saturated heterocycles. The first-order valence-corrected chi connectivity index (χ1v) is 9.08. The monoisotopic (exact) mass is 364 g/mol. The third-order valence-corrected chi connectivity index (χ3v) is 5.09. The van der Waals surface area contributed by atoms with Gasteiger partial charge in [0.25, 0.3) is 0 Å². The molecule has 0 bridgehead atoms. The quantitative estimate of drug-likeness (QED) is 0.551. The minimum Gasteiger partial charge on any atom is -0.491 e. The summed E-state index contributed by atoms with van der Waals surface area (Å²) in [6.07, 6.45) is 7.12. The third kappa shape index (κ3) is 2.83. The Morgan fingerprint density at radius 3 is 2.85 bits per heavy atom. The number of ether oxygens (including phenoxy) is 1. The van der Waals surface area contributed by atoms with Crippen LogP contribution in [-0.2, 0) is 4.79 Å². The lowest BCUT2D eigenvalue weighted by atomic mass is 10.1. The zero-order chi connectivity index (χ0) is 18.4. The number of nitrogens with one attached hydrogen (secondary N) is 3. The summed E-state index contributed by atoms with van der Waals surface area (Å²) >= 11 is 0. The number of carbonyl (C=O) groups excluding carboxylic acids is 1. The highest BCUT2D eigenvalue weighted by Crippen LogP contribution is 2.43. The fourth-order valence-corrected chi connectivity index (χ4v) is 3.68. The summed E-state index contributed by atoms with van der Waals surface area (Å²) in [5, 5.41) is 7.72. The summed E-state index contributed by atoms with van der Waals surface area (Å²) in [6.45, 7) is 1.25. The second-order valence-electron chi connectivity index (χ2n) is 7.04. The number of nitrogens with two attached hydrogens (primary N) is 1. The molecule has 0 radical (unpaired) electrons. The van der Waals surface area contributed by atoms with Gasteiger partial charge in [0.15, 0.2) is 0 Å². The van der Waals surface area contributed by atoms with E-state index in [0.29, 0.717) is 19.1 Å². The van der Waals surface area contributed by atoms with Crippen molar-refractivity contribution in [3.05, 3.63) is 30.9 Å². The van der Waals surface area contributed by atoms with Crippen LogP contribution in [0.15, 0.2) is 30.9 Å². The first-order valence-electron chi connectivity index (χ1n) is 9.08. The van der Waals surface area contributed by atoms with E-state index < -0.39 is 0 Å². The number of nitrogens with zero attached hydrogens (tertiary/aromatic N) is 2. The number of benzene rings is 1. The van der Waals surface area contributed by atoms with Gasteiger partial charge in [-0.15, -0.1) is 0 Å². The Hall–Kier alpha value is -3.29. The minimum atomic E-state index is -0.352. The fraction of sp³-hybridized carbons (Fsp3) is 0.316. The van der Waals surface area contributed by atoms with Crippen LogP contribution >= 0.6 is 0 Å². The van der Waals surface area contributed by atoms with E-state index in [2.05, 4.69) is 25.6 Å². The van der Waals surface area contributed by atoms with Gasteiger partial charge in [-0.25, -0.2) is 9.97 Å². The van der Waals surface area contributed by atoms with Crippen molar-refractivity contribution in [1.29, 1.82) is 0 Å². The Kier molecular flexibility index (Phi) is 3.63. The van der Waals surface area contributed by atoms with Crippen LogP contribution in [0.25, 0.3) is 22.2 Å². The first kappa shape index (κ1) is 15.9. The molecule has 1 fully saturated rings. The zero-order valence-corrected chi connectivity index (χ0v) is 14.7. The number of amides is 1. The molecule has 1 aliphatic carbocycles. The van der Waals surface area contributed by atoms with Gasteiger partial charge in [0.2, 0.25) is 5.91 Å². The lowest BCUT2D eigenvalue weighted by molar-refractivity contribution is -0.119. The minimum absolute atomic E-state index is 0.316. The average Bonchev–Trinajstić information content (AvgIpc) is 3.47. The molecular weight excluding hydrogens is 344 g/mol. The van der Waals surface area contributed by atoms with Crippen LogP contribution in [0, 0.1) is 5.92 Å². The van der Waals surface area contributed by atoms with E-state index in [9.17, 15) is 4.79 Å². The van der Waals surface area contributed by atoms with Gasteiger partial charge in [0, 0.05) is 36.3 Å². The van der Waals surface area contributed by atoms with Crippen molar-refractivity contribution in [1.82, 2.24) is 15.0 Å². The Morgan fingerprint density at radius 2 is 2.11 bits per heavy atom. The van der Waals surface area contributed by atoms with Gasteiger partial charge < -0.3 is 26.1 Å². The number of primary amides is 1. The molecule has 8 heteroatoms. The van der Waals surface area contributed by atoms with Crippen molar-refractivity contribution in [2.45, 2.75) is 18.9 Å². The van der Waals surface area contributed by atoms with E-state index in [1.54, 1.807) is 12.4 Å². The molecule has 1 aromatic carbocycles. The van der Waals surface area contributed by atoms with E-state index in [1.165, 1.54) is 6.33 Å². The highest BCUT2D eigenvalue weighted by Gasteiger charge is 2.35. The second kappa shape index (κ2) is 6.15. The van der Waals surface area contributed by atoms with Crippen molar-refractivity contribution in [3.8, 4) is 17.0 Å². The Bertz CT molecular complexity index is 1010. The lowest BCUT2D eigenvalue weighted by Gasteiger charge is -2.17. The van der Waals surface area contributed by atoms with Crippen LogP contribution in [0.4, 0.5) is 11.4 Å². The largest absolute Gasteiger partial charge is 0.491 e. The van der Waals surface area contributed by atoms with E-state index in [-0.39, 0.29) is 11.9 Å². The van der Waals surface area contributed by atoms with Crippen LogP contribution in [0.5, 0.6) is 5.75 Å².